The standard InChI is InChI=1S/C11H17N3O3S/c1-3-14(7-11(13)15)18(16,17)10-6-9(12)5-4-8(10)2/h4-6H,3,7,12H2,1-2H3,(H2,13,15). The van der Waals surface area contributed by atoms with Gasteiger partial charge in [-0.1, -0.05) is 13.0 Å². The Labute approximate surface area is 107 Å². The van der Waals surface area contributed by atoms with E-state index in [-0.39, 0.29) is 18.0 Å². The highest BCUT2D eigenvalue weighted by atomic mass is 32.2. The molecule has 4 N–H and O–H groups in total. The lowest BCUT2D eigenvalue weighted by Gasteiger charge is -2.20. The summed E-state index contributed by atoms with van der Waals surface area (Å²) in [6, 6.07) is 4.63. The number of nitrogens with zero attached hydrogens (tertiary/aromatic N) is 1. The van der Waals surface area contributed by atoms with E-state index < -0.39 is 15.9 Å². The van der Waals surface area contributed by atoms with E-state index in [1.165, 1.54) is 6.07 Å². The first-order valence-corrected chi connectivity index (χ1v) is 6.87. The zero-order chi connectivity index (χ0) is 13.9. The van der Waals surface area contributed by atoms with Gasteiger partial charge in [0.25, 0.3) is 0 Å². The van der Waals surface area contributed by atoms with Crippen molar-refractivity contribution < 1.29 is 13.2 Å². The maximum Gasteiger partial charge on any atom is 0.243 e. The molecular weight excluding hydrogens is 254 g/mol. The van der Waals surface area contributed by atoms with Crippen LogP contribution in [0, 0.1) is 6.92 Å². The number of benzene rings is 1. The van der Waals surface area contributed by atoms with Crippen molar-refractivity contribution in [1.82, 2.24) is 4.31 Å². The minimum atomic E-state index is -3.75. The van der Waals surface area contributed by atoms with E-state index in [9.17, 15) is 13.2 Å². The number of sulfonamides is 1. The van der Waals surface area contributed by atoms with Crippen molar-refractivity contribution >= 4 is 21.6 Å². The lowest BCUT2D eigenvalue weighted by molar-refractivity contribution is -0.118. The highest BCUT2D eigenvalue weighted by molar-refractivity contribution is 7.89. The van der Waals surface area contributed by atoms with E-state index in [1.807, 2.05) is 0 Å². The molecule has 0 unspecified atom stereocenters. The number of hydrogen-bond acceptors (Lipinski definition) is 4. The summed E-state index contributed by atoms with van der Waals surface area (Å²) in [5.41, 5.74) is 11.6. The summed E-state index contributed by atoms with van der Waals surface area (Å²) in [5.74, 6) is -0.693. The fourth-order valence-corrected chi connectivity index (χ4v) is 3.25. The van der Waals surface area contributed by atoms with Crippen LogP contribution in [-0.4, -0.2) is 31.7 Å². The van der Waals surface area contributed by atoms with E-state index in [2.05, 4.69) is 0 Å². The number of likely N-dealkylation sites (N-methyl/N-ethyl adjacent to an activating group) is 1. The second-order valence-electron chi connectivity index (χ2n) is 3.92. The van der Waals surface area contributed by atoms with Crippen molar-refractivity contribution in [3.8, 4) is 0 Å². The largest absolute Gasteiger partial charge is 0.399 e. The Morgan fingerprint density at radius 1 is 1.39 bits per heavy atom. The number of rotatable bonds is 5. The van der Waals surface area contributed by atoms with Gasteiger partial charge in [0.2, 0.25) is 15.9 Å². The smallest absolute Gasteiger partial charge is 0.243 e. The summed E-state index contributed by atoms with van der Waals surface area (Å²) < 4.78 is 25.7. The average Bonchev–Trinajstić information content (AvgIpc) is 2.28. The lowest BCUT2D eigenvalue weighted by Crippen LogP contribution is -2.38. The van der Waals surface area contributed by atoms with Gasteiger partial charge in [-0.15, -0.1) is 0 Å². The van der Waals surface area contributed by atoms with Crippen molar-refractivity contribution in [2.24, 2.45) is 5.73 Å². The molecule has 6 nitrogen and oxygen atoms in total. The molecule has 1 aromatic rings. The van der Waals surface area contributed by atoms with E-state index in [1.54, 1.807) is 26.0 Å². The van der Waals surface area contributed by atoms with Crippen LogP contribution in [0.3, 0.4) is 0 Å². The van der Waals surface area contributed by atoms with Crippen molar-refractivity contribution in [1.29, 1.82) is 0 Å². The second kappa shape index (κ2) is 5.36. The molecule has 100 valence electrons. The third-order valence-electron chi connectivity index (χ3n) is 2.51. The molecule has 0 spiro atoms. The molecule has 0 aliphatic rings. The van der Waals surface area contributed by atoms with Crippen LogP contribution in [-0.2, 0) is 14.8 Å². The number of primary amides is 1. The molecule has 0 bridgehead atoms. The molecule has 1 aromatic carbocycles. The number of hydrogen-bond donors (Lipinski definition) is 2. The highest BCUT2D eigenvalue weighted by Gasteiger charge is 2.26. The SMILES string of the molecule is CCN(CC(N)=O)S(=O)(=O)c1cc(N)ccc1C. The summed E-state index contributed by atoms with van der Waals surface area (Å²) in [5, 5.41) is 0. The minimum Gasteiger partial charge on any atom is -0.399 e. The second-order valence-corrected chi connectivity index (χ2v) is 5.83. The van der Waals surface area contributed by atoms with Gasteiger partial charge < -0.3 is 11.5 Å². The fourth-order valence-electron chi connectivity index (χ4n) is 1.57. The molecule has 0 saturated carbocycles. The van der Waals surface area contributed by atoms with Gasteiger partial charge in [0, 0.05) is 12.2 Å². The maximum absolute atomic E-state index is 12.3. The number of carbonyl (C=O) groups is 1. The van der Waals surface area contributed by atoms with Crippen molar-refractivity contribution in [2.45, 2.75) is 18.7 Å². The van der Waals surface area contributed by atoms with E-state index in [0.29, 0.717) is 11.3 Å². The minimum absolute atomic E-state index is 0.102. The van der Waals surface area contributed by atoms with Gasteiger partial charge >= 0.3 is 0 Å². The Hall–Kier alpha value is -1.60. The van der Waals surface area contributed by atoms with Crippen molar-refractivity contribution in [3.63, 3.8) is 0 Å². The predicted molar refractivity (Wildman–Crippen MR) is 69.2 cm³/mol. The van der Waals surface area contributed by atoms with Crippen LogP contribution in [0.1, 0.15) is 12.5 Å². The molecule has 0 fully saturated rings. The monoisotopic (exact) mass is 271 g/mol. The number of carbonyl (C=O) groups excluding carboxylic acids is 1. The molecule has 0 atom stereocenters. The summed E-state index contributed by atoms with van der Waals surface area (Å²) in [6.07, 6.45) is 0. The molecule has 0 heterocycles. The summed E-state index contributed by atoms with van der Waals surface area (Å²) >= 11 is 0. The Bertz CT molecular complexity index is 555. The molecule has 0 aromatic heterocycles. The van der Waals surface area contributed by atoms with Gasteiger partial charge in [0.15, 0.2) is 0 Å². The van der Waals surface area contributed by atoms with Gasteiger partial charge in [-0.05, 0) is 24.6 Å². The number of nitrogen functional groups attached to an aromatic ring is 1. The van der Waals surface area contributed by atoms with E-state index in [4.69, 9.17) is 11.5 Å². The third kappa shape index (κ3) is 2.99. The molecule has 7 heteroatoms. The van der Waals surface area contributed by atoms with Crippen LogP contribution < -0.4 is 11.5 Å². The zero-order valence-electron chi connectivity index (χ0n) is 10.4. The third-order valence-corrected chi connectivity index (χ3v) is 4.58. The Kier molecular flexibility index (Phi) is 4.31. The summed E-state index contributed by atoms with van der Waals surface area (Å²) in [4.78, 5) is 11.0. The molecule has 0 aliphatic carbocycles. The fraction of sp³-hybridized carbons (Fsp3) is 0.364. The summed E-state index contributed by atoms with van der Waals surface area (Å²) in [6.45, 7) is 3.14. The topological polar surface area (TPSA) is 106 Å². The van der Waals surface area contributed by atoms with Crippen LogP contribution in [0.4, 0.5) is 5.69 Å². The van der Waals surface area contributed by atoms with Gasteiger partial charge in [-0.2, -0.15) is 4.31 Å². The Morgan fingerprint density at radius 3 is 2.50 bits per heavy atom. The molecule has 1 amide bonds. The van der Waals surface area contributed by atoms with Gasteiger partial charge in [-0.25, -0.2) is 8.42 Å². The first kappa shape index (κ1) is 14.5. The van der Waals surface area contributed by atoms with E-state index in [0.717, 1.165) is 4.31 Å². The zero-order valence-corrected chi connectivity index (χ0v) is 11.2. The van der Waals surface area contributed by atoms with E-state index >= 15 is 0 Å². The maximum atomic E-state index is 12.3. The molecule has 1 rings (SSSR count). The molecule has 0 radical (unpaired) electrons. The van der Waals surface area contributed by atoms with Gasteiger partial charge in [-0.3, -0.25) is 4.79 Å². The Balaban J connectivity index is 3.26. The number of aryl methyl sites for hydroxylation is 1. The van der Waals surface area contributed by atoms with Crippen molar-refractivity contribution in [2.75, 3.05) is 18.8 Å². The van der Waals surface area contributed by atoms with Crippen LogP contribution in [0.15, 0.2) is 23.1 Å². The number of amides is 1. The molecule has 0 saturated heterocycles. The normalized spacial score (nSPS) is 11.7. The van der Waals surface area contributed by atoms with Crippen LogP contribution in [0.2, 0.25) is 0 Å². The lowest BCUT2D eigenvalue weighted by atomic mass is 10.2. The quantitative estimate of drug-likeness (QED) is 0.739. The first-order chi connectivity index (χ1) is 8.28. The van der Waals surface area contributed by atoms with Gasteiger partial charge in [0.05, 0.1) is 11.4 Å². The number of anilines is 1. The molecule has 0 aliphatic heterocycles. The summed E-state index contributed by atoms with van der Waals surface area (Å²) in [7, 11) is -3.75. The number of nitrogens with two attached hydrogens (primary N) is 2. The van der Waals surface area contributed by atoms with Crippen LogP contribution in [0.25, 0.3) is 0 Å². The average molecular weight is 271 g/mol. The highest BCUT2D eigenvalue weighted by Crippen LogP contribution is 2.22. The predicted octanol–water partition coefficient (Wildman–Crippen LogP) is 0.0731. The van der Waals surface area contributed by atoms with Crippen LogP contribution in [0.5, 0.6) is 0 Å². The van der Waals surface area contributed by atoms with Crippen molar-refractivity contribution in [3.05, 3.63) is 23.8 Å². The van der Waals surface area contributed by atoms with Crippen LogP contribution >= 0.6 is 0 Å². The molecule has 18 heavy (non-hydrogen) atoms. The molecular formula is C11H17N3O3S. The van der Waals surface area contributed by atoms with Gasteiger partial charge in [0.1, 0.15) is 0 Å². The Morgan fingerprint density at radius 2 is 2.00 bits per heavy atom. The first-order valence-electron chi connectivity index (χ1n) is 5.43.